The van der Waals surface area contributed by atoms with Crippen LogP contribution in [0.4, 0.5) is 5.69 Å². The summed E-state index contributed by atoms with van der Waals surface area (Å²) in [7, 11) is 1.65. The fourth-order valence-corrected chi connectivity index (χ4v) is 1.83. The van der Waals surface area contributed by atoms with E-state index in [0.717, 1.165) is 28.1 Å². The third kappa shape index (κ3) is 2.90. The number of nitrogens with one attached hydrogen (secondary N) is 1. The molecule has 0 spiro atoms. The normalized spacial score (nSPS) is 10.8. The van der Waals surface area contributed by atoms with Gasteiger partial charge in [-0.1, -0.05) is 0 Å². The molecule has 4 nitrogen and oxygen atoms in total. The van der Waals surface area contributed by atoms with Crippen molar-refractivity contribution in [1.82, 2.24) is 0 Å². The Balaban J connectivity index is 3.12. The van der Waals surface area contributed by atoms with Gasteiger partial charge in [0, 0.05) is 5.69 Å². The van der Waals surface area contributed by atoms with Crippen molar-refractivity contribution in [3.8, 4) is 5.75 Å². The van der Waals surface area contributed by atoms with Crippen molar-refractivity contribution in [3.05, 3.63) is 22.8 Å². The molecular weight excluding hydrogens is 218 g/mol. The van der Waals surface area contributed by atoms with Gasteiger partial charge in [0.05, 0.1) is 26.4 Å². The van der Waals surface area contributed by atoms with Gasteiger partial charge >= 0.3 is 0 Å². The average molecular weight is 239 g/mol. The molecule has 1 rings (SSSR count). The number of hydrogen-bond acceptors (Lipinski definition) is 4. The molecule has 96 valence electrons. The molecule has 0 bridgehead atoms. The summed E-state index contributed by atoms with van der Waals surface area (Å²) in [4.78, 5) is 0. The Kier molecular flexibility index (Phi) is 4.78. The summed E-state index contributed by atoms with van der Waals surface area (Å²) in [6.07, 6.45) is 0. The maximum absolute atomic E-state index is 9.09. The summed E-state index contributed by atoms with van der Waals surface area (Å²) in [6, 6.07) is 1.62. The van der Waals surface area contributed by atoms with E-state index in [-0.39, 0.29) is 19.3 Å². The zero-order valence-corrected chi connectivity index (χ0v) is 10.9. The average Bonchev–Trinajstić information content (AvgIpc) is 2.34. The molecule has 1 aromatic rings. The second-order valence-corrected chi connectivity index (χ2v) is 4.23. The molecule has 0 atom stereocenters. The monoisotopic (exact) mass is 239 g/mol. The predicted octanol–water partition coefficient (Wildman–Crippen LogP) is 1.39. The van der Waals surface area contributed by atoms with Gasteiger partial charge in [-0.05, 0) is 43.5 Å². The number of ether oxygens (including phenoxy) is 1. The van der Waals surface area contributed by atoms with Gasteiger partial charge < -0.3 is 20.3 Å². The van der Waals surface area contributed by atoms with Crippen molar-refractivity contribution in [2.45, 2.75) is 26.8 Å². The number of anilines is 1. The van der Waals surface area contributed by atoms with E-state index in [1.807, 2.05) is 26.8 Å². The van der Waals surface area contributed by atoms with Crippen molar-refractivity contribution in [1.29, 1.82) is 0 Å². The zero-order chi connectivity index (χ0) is 13.0. The van der Waals surface area contributed by atoms with Crippen LogP contribution in [-0.2, 0) is 0 Å². The van der Waals surface area contributed by atoms with Gasteiger partial charge in [0.15, 0.2) is 0 Å². The molecule has 0 unspecified atom stereocenters. The van der Waals surface area contributed by atoms with Gasteiger partial charge in [-0.3, -0.25) is 0 Å². The molecule has 0 aliphatic rings. The van der Waals surface area contributed by atoms with Crippen LogP contribution in [0.15, 0.2) is 6.07 Å². The Hall–Kier alpha value is -1.26. The molecule has 1 aromatic carbocycles. The zero-order valence-electron chi connectivity index (χ0n) is 10.9. The van der Waals surface area contributed by atoms with Gasteiger partial charge in [0.25, 0.3) is 0 Å². The quantitative estimate of drug-likeness (QED) is 0.726. The van der Waals surface area contributed by atoms with Crippen molar-refractivity contribution in [3.63, 3.8) is 0 Å². The lowest BCUT2D eigenvalue weighted by molar-refractivity contribution is 0.204. The Morgan fingerprint density at radius 1 is 1.18 bits per heavy atom. The van der Waals surface area contributed by atoms with E-state index in [9.17, 15) is 0 Å². The van der Waals surface area contributed by atoms with Gasteiger partial charge in [0.2, 0.25) is 0 Å². The minimum Gasteiger partial charge on any atom is -0.496 e. The molecular formula is C13H21NO3. The van der Waals surface area contributed by atoms with E-state index in [4.69, 9.17) is 14.9 Å². The first-order chi connectivity index (χ1) is 8.04. The van der Waals surface area contributed by atoms with Crippen LogP contribution < -0.4 is 10.1 Å². The molecule has 0 fully saturated rings. The molecule has 17 heavy (non-hydrogen) atoms. The van der Waals surface area contributed by atoms with Crippen molar-refractivity contribution in [2.75, 3.05) is 25.6 Å². The van der Waals surface area contributed by atoms with Crippen LogP contribution in [0.2, 0.25) is 0 Å². The highest BCUT2D eigenvalue weighted by atomic mass is 16.5. The number of methoxy groups -OCH3 is 1. The summed E-state index contributed by atoms with van der Waals surface area (Å²) < 4.78 is 5.29. The van der Waals surface area contributed by atoms with E-state index < -0.39 is 0 Å². The second-order valence-electron chi connectivity index (χ2n) is 4.23. The number of benzene rings is 1. The number of aliphatic hydroxyl groups is 2. The molecule has 0 aromatic heterocycles. The summed E-state index contributed by atoms with van der Waals surface area (Å²) in [6.45, 7) is 5.77. The van der Waals surface area contributed by atoms with Crippen LogP contribution in [0.25, 0.3) is 0 Å². The Morgan fingerprint density at radius 2 is 1.76 bits per heavy atom. The lowest BCUT2D eigenvalue weighted by Crippen LogP contribution is -2.28. The van der Waals surface area contributed by atoms with E-state index in [2.05, 4.69) is 5.32 Å². The molecule has 0 radical (unpaired) electrons. The number of rotatable bonds is 5. The summed E-state index contributed by atoms with van der Waals surface area (Å²) in [5.74, 6) is 0.857. The van der Waals surface area contributed by atoms with E-state index >= 15 is 0 Å². The fourth-order valence-electron chi connectivity index (χ4n) is 1.83. The van der Waals surface area contributed by atoms with Crippen LogP contribution in [-0.4, -0.2) is 36.6 Å². The first-order valence-corrected chi connectivity index (χ1v) is 5.68. The van der Waals surface area contributed by atoms with Crippen molar-refractivity contribution >= 4 is 5.69 Å². The smallest absolute Gasteiger partial charge is 0.122 e. The number of aliphatic hydroxyl groups excluding tert-OH is 2. The highest BCUT2D eigenvalue weighted by Crippen LogP contribution is 2.31. The summed E-state index contributed by atoms with van der Waals surface area (Å²) >= 11 is 0. The Bertz CT molecular complexity index is 387. The molecule has 3 N–H and O–H groups in total. The molecule has 4 heteroatoms. The first-order valence-electron chi connectivity index (χ1n) is 5.68. The van der Waals surface area contributed by atoms with Gasteiger partial charge in [-0.2, -0.15) is 0 Å². The van der Waals surface area contributed by atoms with E-state index in [1.54, 1.807) is 7.11 Å². The second kappa shape index (κ2) is 5.89. The van der Waals surface area contributed by atoms with Gasteiger partial charge in [0.1, 0.15) is 5.75 Å². The SMILES string of the molecule is COc1cc(C)c(NC(CO)CO)c(C)c1C. The topological polar surface area (TPSA) is 61.7 Å². The molecule has 0 saturated heterocycles. The first kappa shape index (κ1) is 13.8. The Labute approximate surface area is 102 Å². The van der Waals surface area contributed by atoms with Crippen LogP contribution in [0.1, 0.15) is 16.7 Å². The highest BCUT2D eigenvalue weighted by molar-refractivity contribution is 5.63. The minimum atomic E-state index is -0.333. The van der Waals surface area contributed by atoms with Crippen molar-refractivity contribution < 1.29 is 14.9 Å². The third-order valence-electron chi connectivity index (χ3n) is 3.06. The molecule has 0 amide bonds. The highest BCUT2D eigenvalue weighted by Gasteiger charge is 2.13. The number of aryl methyl sites for hydroxylation is 1. The maximum atomic E-state index is 9.09. The molecule has 0 saturated carbocycles. The lowest BCUT2D eigenvalue weighted by atomic mass is 10.0. The van der Waals surface area contributed by atoms with Crippen molar-refractivity contribution in [2.24, 2.45) is 0 Å². The minimum absolute atomic E-state index is 0.0968. The summed E-state index contributed by atoms with van der Waals surface area (Å²) in [5.41, 5.74) is 4.14. The Morgan fingerprint density at radius 3 is 2.24 bits per heavy atom. The lowest BCUT2D eigenvalue weighted by Gasteiger charge is -2.21. The van der Waals surface area contributed by atoms with Crippen LogP contribution >= 0.6 is 0 Å². The summed E-state index contributed by atoms with van der Waals surface area (Å²) in [5, 5.41) is 21.3. The van der Waals surface area contributed by atoms with E-state index in [1.165, 1.54) is 0 Å². The van der Waals surface area contributed by atoms with E-state index in [0.29, 0.717) is 0 Å². The van der Waals surface area contributed by atoms with Crippen LogP contribution in [0.5, 0.6) is 5.75 Å². The largest absolute Gasteiger partial charge is 0.496 e. The molecule has 0 heterocycles. The fraction of sp³-hybridized carbons (Fsp3) is 0.538. The van der Waals surface area contributed by atoms with Gasteiger partial charge in [-0.15, -0.1) is 0 Å². The third-order valence-corrected chi connectivity index (χ3v) is 3.06. The molecule has 0 aliphatic carbocycles. The predicted molar refractivity (Wildman–Crippen MR) is 68.8 cm³/mol. The van der Waals surface area contributed by atoms with Gasteiger partial charge in [-0.25, -0.2) is 0 Å². The standard InChI is InChI=1S/C13H21NO3/c1-8-5-12(17-4)9(2)10(3)13(8)14-11(6-15)7-16/h5,11,14-16H,6-7H2,1-4H3. The van der Waals surface area contributed by atoms with Crippen LogP contribution in [0, 0.1) is 20.8 Å². The maximum Gasteiger partial charge on any atom is 0.122 e. The number of hydrogen-bond donors (Lipinski definition) is 3. The molecule has 0 aliphatic heterocycles. The van der Waals surface area contributed by atoms with Crippen LogP contribution in [0.3, 0.4) is 0 Å².